The van der Waals surface area contributed by atoms with E-state index in [1.165, 1.54) is 12.1 Å². The van der Waals surface area contributed by atoms with E-state index in [0.29, 0.717) is 36.2 Å². The van der Waals surface area contributed by atoms with E-state index in [1.54, 1.807) is 0 Å². The maximum absolute atomic E-state index is 13.3. The van der Waals surface area contributed by atoms with E-state index >= 15 is 0 Å². The standard InChI is InChI=1S/C13H19FO3/c1-4-16-13-10(7-15)5-11(14)6-12(13)17-8-9(2)3/h5-6,9,15H,4,7-8H2,1-3H3. The Morgan fingerprint density at radius 1 is 1.29 bits per heavy atom. The Morgan fingerprint density at radius 3 is 2.53 bits per heavy atom. The van der Waals surface area contributed by atoms with Crippen LogP contribution in [-0.4, -0.2) is 18.3 Å². The lowest BCUT2D eigenvalue weighted by atomic mass is 10.2. The van der Waals surface area contributed by atoms with E-state index in [0.717, 1.165) is 0 Å². The molecule has 1 aromatic rings. The topological polar surface area (TPSA) is 38.7 Å². The van der Waals surface area contributed by atoms with Crippen molar-refractivity contribution in [3.63, 3.8) is 0 Å². The van der Waals surface area contributed by atoms with Gasteiger partial charge in [-0.25, -0.2) is 4.39 Å². The summed E-state index contributed by atoms with van der Waals surface area (Å²) in [6, 6.07) is 2.54. The van der Waals surface area contributed by atoms with Gasteiger partial charge >= 0.3 is 0 Å². The van der Waals surface area contributed by atoms with Crippen LogP contribution in [0.4, 0.5) is 4.39 Å². The number of rotatable bonds is 6. The van der Waals surface area contributed by atoms with Crippen LogP contribution in [0.3, 0.4) is 0 Å². The SMILES string of the molecule is CCOc1c(CO)cc(F)cc1OCC(C)C. The minimum Gasteiger partial charge on any atom is -0.490 e. The molecule has 0 unspecified atom stereocenters. The first kappa shape index (κ1) is 13.8. The average molecular weight is 242 g/mol. The van der Waals surface area contributed by atoms with Gasteiger partial charge in [-0.15, -0.1) is 0 Å². The molecular formula is C13H19FO3. The summed E-state index contributed by atoms with van der Waals surface area (Å²) in [4.78, 5) is 0. The zero-order valence-corrected chi connectivity index (χ0v) is 10.5. The quantitative estimate of drug-likeness (QED) is 0.833. The summed E-state index contributed by atoms with van der Waals surface area (Å²) in [6.07, 6.45) is 0. The summed E-state index contributed by atoms with van der Waals surface area (Å²) >= 11 is 0. The molecule has 0 aromatic heterocycles. The van der Waals surface area contributed by atoms with Gasteiger partial charge in [0.2, 0.25) is 0 Å². The molecule has 17 heavy (non-hydrogen) atoms. The molecule has 0 spiro atoms. The van der Waals surface area contributed by atoms with Gasteiger partial charge in [0, 0.05) is 11.6 Å². The third-order valence-corrected chi connectivity index (χ3v) is 2.13. The average Bonchev–Trinajstić information content (AvgIpc) is 2.28. The van der Waals surface area contributed by atoms with Gasteiger partial charge in [0.1, 0.15) is 5.82 Å². The molecule has 0 heterocycles. The molecule has 0 aliphatic rings. The van der Waals surface area contributed by atoms with Gasteiger partial charge in [-0.1, -0.05) is 13.8 Å². The molecule has 4 heteroatoms. The maximum Gasteiger partial charge on any atom is 0.166 e. The van der Waals surface area contributed by atoms with Gasteiger partial charge in [0.25, 0.3) is 0 Å². The number of hydrogen-bond acceptors (Lipinski definition) is 3. The third-order valence-electron chi connectivity index (χ3n) is 2.13. The van der Waals surface area contributed by atoms with Crippen LogP contribution in [-0.2, 0) is 6.61 Å². The van der Waals surface area contributed by atoms with Crippen LogP contribution >= 0.6 is 0 Å². The molecule has 0 aliphatic heterocycles. The number of hydrogen-bond donors (Lipinski definition) is 1. The van der Waals surface area contributed by atoms with Gasteiger partial charge < -0.3 is 14.6 Å². The van der Waals surface area contributed by atoms with E-state index in [4.69, 9.17) is 14.6 Å². The smallest absolute Gasteiger partial charge is 0.166 e. The summed E-state index contributed by atoms with van der Waals surface area (Å²) in [5.74, 6) is 0.684. The summed E-state index contributed by atoms with van der Waals surface area (Å²) < 4.78 is 24.2. The van der Waals surface area contributed by atoms with Crippen LogP contribution in [0.25, 0.3) is 0 Å². The second-order valence-electron chi connectivity index (χ2n) is 4.19. The van der Waals surface area contributed by atoms with Crippen LogP contribution in [0.2, 0.25) is 0 Å². The molecule has 0 fully saturated rings. The van der Waals surface area contributed by atoms with Crippen molar-refractivity contribution in [2.45, 2.75) is 27.4 Å². The molecule has 0 saturated carbocycles. The molecule has 1 rings (SSSR count). The zero-order chi connectivity index (χ0) is 12.8. The summed E-state index contributed by atoms with van der Waals surface area (Å²) in [6.45, 7) is 6.49. The van der Waals surface area contributed by atoms with Crippen LogP contribution in [0, 0.1) is 11.7 Å². The number of aliphatic hydroxyl groups excluding tert-OH is 1. The van der Waals surface area contributed by atoms with Crippen molar-refractivity contribution in [1.82, 2.24) is 0 Å². The van der Waals surface area contributed by atoms with Crippen LogP contribution in [0.1, 0.15) is 26.3 Å². The molecule has 0 saturated heterocycles. The number of halogens is 1. The van der Waals surface area contributed by atoms with Crippen molar-refractivity contribution >= 4 is 0 Å². The Hall–Kier alpha value is -1.29. The predicted octanol–water partition coefficient (Wildman–Crippen LogP) is 2.75. The Morgan fingerprint density at radius 2 is 2.00 bits per heavy atom. The van der Waals surface area contributed by atoms with Crippen molar-refractivity contribution in [3.8, 4) is 11.5 Å². The largest absolute Gasteiger partial charge is 0.490 e. The number of aliphatic hydroxyl groups is 1. The van der Waals surface area contributed by atoms with Crippen molar-refractivity contribution in [1.29, 1.82) is 0 Å². The van der Waals surface area contributed by atoms with E-state index in [9.17, 15) is 4.39 Å². The highest BCUT2D eigenvalue weighted by atomic mass is 19.1. The molecule has 1 N–H and O–H groups in total. The highest BCUT2D eigenvalue weighted by molar-refractivity contribution is 5.47. The lowest BCUT2D eigenvalue weighted by Gasteiger charge is -2.16. The molecule has 3 nitrogen and oxygen atoms in total. The van der Waals surface area contributed by atoms with Crippen molar-refractivity contribution < 1.29 is 19.0 Å². The van der Waals surface area contributed by atoms with Crippen molar-refractivity contribution in [3.05, 3.63) is 23.5 Å². The Kier molecular flexibility index (Phi) is 5.22. The minimum atomic E-state index is -0.434. The predicted molar refractivity (Wildman–Crippen MR) is 63.8 cm³/mol. The molecular weight excluding hydrogens is 223 g/mol. The fourth-order valence-corrected chi connectivity index (χ4v) is 1.41. The van der Waals surface area contributed by atoms with Gasteiger partial charge in [0.05, 0.1) is 19.8 Å². The van der Waals surface area contributed by atoms with Gasteiger partial charge in [0.15, 0.2) is 11.5 Å². The molecule has 1 aromatic carbocycles. The monoisotopic (exact) mass is 242 g/mol. The summed E-state index contributed by atoms with van der Waals surface area (Å²) in [5, 5.41) is 9.17. The highest BCUT2D eigenvalue weighted by Crippen LogP contribution is 2.33. The van der Waals surface area contributed by atoms with Crippen molar-refractivity contribution in [2.75, 3.05) is 13.2 Å². The summed E-state index contributed by atoms with van der Waals surface area (Å²) in [5.41, 5.74) is 0.408. The van der Waals surface area contributed by atoms with Gasteiger partial charge in [-0.3, -0.25) is 0 Å². The van der Waals surface area contributed by atoms with Crippen LogP contribution in [0.5, 0.6) is 11.5 Å². The first-order valence-electron chi connectivity index (χ1n) is 5.77. The van der Waals surface area contributed by atoms with E-state index in [2.05, 4.69) is 0 Å². The normalized spacial score (nSPS) is 10.7. The highest BCUT2D eigenvalue weighted by Gasteiger charge is 2.13. The zero-order valence-electron chi connectivity index (χ0n) is 10.5. The number of ether oxygens (including phenoxy) is 2. The minimum absolute atomic E-state index is 0.273. The van der Waals surface area contributed by atoms with Crippen LogP contribution in [0.15, 0.2) is 12.1 Å². The molecule has 0 amide bonds. The third kappa shape index (κ3) is 3.89. The fraction of sp³-hybridized carbons (Fsp3) is 0.538. The van der Waals surface area contributed by atoms with Gasteiger partial charge in [-0.05, 0) is 18.9 Å². The molecule has 0 radical (unpaired) electrons. The Labute approximate surface area is 101 Å². The second kappa shape index (κ2) is 6.45. The van der Waals surface area contributed by atoms with E-state index < -0.39 is 5.82 Å². The molecule has 0 atom stereocenters. The molecule has 96 valence electrons. The maximum atomic E-state index is 13.3. The Balaban J connectivity index is 3.02. The van der Waals surface area contributed by atoms with E-state index in [1.807, 2.05) is 20.8 Å². The fourth-order valence-electron chi connectivity index (χ4n) is 1.41. The lowest BCUT2D eigenvalue weighted by Crippen LogP contribution is -2.08. The first-order chi connectivity index (χ1) is 8.08. The van der Waals surface area contributed by atoms with E-state index in [-0.39, 0.29) is 6.61 Å². The first-order valence-corrected chi connectivity index (χ1v) is 5.77. The van der Waals surface area contributed by atoms with Crippen LogP contribution < -0.4 is 9.47 Å². The Bertz CT molecular complexity index is 364. The lowest BCUT2D eigenvalue weighted by molar-refractivity contribution is 0.234. The number of benzene rings is 1. The molecule has 0 aliphatic carbocycles. The van der Waals surface area contributed by atoms with Crippen molar-refractivity contribution in [2.24, 2.45) is 5.92 Å². The van der Waals surface area contributed by atoms with Gasteiger partial charge in [-0.2, -0.15) is 0 Å². The second-order valence-corrected chi connectivity index (χ2v) is 4.19. The molecule has 0 bridgehead atoms. The summed E-state index contributed by atoms with van der Waals surface area (Å²) in [7, 11) is 0.